The molecule has 1 aliphatic heterocycles. The maximum absolute atomic E-state index is 13.5. The highest BCUT2D eigenvalue weighted by atomic mass is 32.1. The Bertz CT molecular complexity index is 1070. The Morgan fingerprint density at radius 1 is 1.18 bits per heavy atom. The van der Waals surface area contributed by atoms with Gasteiger partial charge in [0, 0.05) is 23.6 Å². The van der Waals surface area contributed by atoms with E-state index in [0.29, 0.717) is 12.1 Å². The van der Waals surface area contributed by atoms with E-state index in [1.807, 2.05) is 0 Å². The van der Waals surface area contributed by atoms with Crippen LogP contribution in [0.15, 0.2) is 35.8 Å². The number of rotatable bonds is 7. The van der Waals surface area contributed by atoms with E-state index in [-0.39, 0.29) is 10.6 Å². The average Bonchev–Trinajstić information content (AvgIpc) is 3.37. The maximum Gasteiger partial charge on any atom is 0.416 e. The molecule has 2 heterocycles. The van der Waals surface area contributed by atoms with Gasteiger partial charge in [-0.1, -0.05) is 0 Å². The lowest BCUT2D eigenvalue weighted by atomic mass is 9.86. The van der Waals surface area contributed by atoms with Crippen LogP contribution in [0.1, 0.15) is 46.2 Å². The number of primary amides is 1. The second kappa shape index (κ2) is 8.81. The number of aliphatic carboxylic acids is 2. The summed E-state index contributed by atoms with van der Waals surface area (Å²) in [5, 5.41) is 21.6. The summed E-state index contributed by atoms with van der Waals surface area (Å²) in [4.78, 5) is 54.3. The smallest absolute Gasteiger partial charge is 0.416 e. The number of carbonyl (C=O) groups excluding carboxylic acids is 2. The van der Waals surface area contributed by atoms with Gasteiger partial charge in [-0.2, -0.15) is 13.2 Å². The number of halogens is 3. The molecule has 1 aliphatic rings. The van der Waals surface area contributed by atoms with Crippen molar-refractivity contribution in [1.82, 2.24) is 9.88 Å². The Balaban J connectivity index is 2.16. The van der Waals surface area contributed by atoms with Gasteiger partial charge < -0.3 is 20.8 Å². The number of thiazole rings is 1. The third-order valence-corrected chi connectivity index (χ3v) is 6.41. The van der Waals surface area contributed by atoms with Crippen LogP contribution < -0.4 is 5.73 Å². The molecular formula is C20H18F3N3O6S. The number of carbonyl (C=O) groups is 4. The summed E-state index contributed by atoms with van der Waals surface area (Å²) in [6.45, 7) is 0. The minimum atomic E-state index is -4.65. The van der Waals surface area contributed by atoms with Gasteiger partial charge in [-0.25, -0.2) is 9.78 Å². The van der Waals surface area contributed by atoms with Gasteiger partial charge in [0.1, 0.15) is 10.5 Å². The predicted octanol–water partition coefficient (Wildman–Crippen LogP) is 2.54. The second-order valence-corrected chi connectivity index (χ2v) is 8.44. The molecule has 0 spiro atoms. The van der Waals surface area contributed by atoms with E-state index in [1.165, 1.54) is 11.6 Å². The quantitative estimate of drug-likeness (QED) is 0.545. The molecule has 3 atom stereocenters. The first-order chi connectivity index (χ1) is 15.4. The third-order valence-electron chi connectivity index (χ3n) is 5.56. The van der Waals surface area contributed by atoms with Crippen molar-refractivity contribution >= 4 is 35.1 Å². The maximum atomic E-state index is 13.5. The average molecular weight is 485 g/mol. The second-order valence-electron chi connectivity index (χ2n) is 7.52. The van der Waals surface area contributed by atoms with Crippen LogP contribution in [0.25, 0.3) is 0 Å². The number of carboxylic acid groups (broad SMARTS) is 2. The summed E-state index contributed by atoms with van der Waals surface area (Å²) in [6, 6.07) is 1.80. The number of aromatic nitrogens is 1. The number of likely N-dealkylation sites (tertiary alicyclic amines) is 1. The highest BCUT2D eigenvalue weighted by molar-refractivity contribution is 7.09. The van der Waals surface area contributed by atoms with Crippen LogP contribution in [-0.2, 0) is 20.6 Å². The van der Waals surface area contributed by atoms with Crippen LogP contribution in [0.4, 0.5) is 13.2 Å². The summed E-state index contributed by atoms with van der Waals surface area (Å²) >= 11 is 0.999. The molecule has 9 nitrogen and oxygen atoms in total. The number of benzene rings is 1. The van der Waals surface area contributed by atoms with Crippen molar-refractivity contribution in [3.05, 3.63) is 52.0 Å². The number of hydrogen-bond donors (Lipinski definition) is 3. The Morgan fingerprint density at radius 2 is 1.82 bits per heavy atom. The molecule has 1 aromatic carbocycles. The van der Waals surface area contributed by atoms with E-state index >= 15 is 0 Å². The standard InChI is InChI=1S/C20H18F3N3O6S/c21-20(22,23)11-3-1-10(2-4-11)16(28)26-14(15-25-7-8-33-15)12(17(29)30)9-19(26,18(31)32)6-5-13(24)27/h1-4,7-8,12,14H,5-6,9H2,(H2,24,27)(H,29,30)(H,31,32). The van der Waals surface area contributed by atoms with Crippen LogP contribution in [0, 0.1) is 5.92 Å². The normalized spacial score (nSPS) is 22.8. The van der Waals surface area contributed by atoms with Gasteiger partial charge in [-0.15, -0.1) is 11.3 Å². The largest absolute Gasteiger partial charge is 0.481 e. The third kappa shape index (κ3) is 4.53. The molecule has 0 radical (unpaired) electrons. The molecule has 0 aliphatic carbocycles. The molecule has 3 unspecified atom stereocenters. The molecule has 3 rings (SSSR count). The van der Waals surface area contributed by atoms with Crippen molar-refractivity contribution < 1.29 is 42.6 Å². The summed E-state index contributed by atoms with van der Waals surface area (Å²) < 4.78 is 38.8. The number of amides is 2. The lowest BCUT2D eigenvalue weighted by Gasteiger charge is -2.37. The van der Waals surface area contributed by atoms with Crippen molar-refractivity contribution in [3.63, 3.8) is 0 Å². The van der Waals surface area contributed by atoms with Crippen molar-refractivity contribution in [2.24, 2.45) is 11.7 Å². The van der Waals surface area contributed by atoms with Gasteiger partial charge in [0.15, 0.2) is 0 Å². The monoisotopic (exact) mass is 485 g/mol. The lowest BCUT2D eigenvalue weighted by Crippen LogP contribution is -2.54. The topological polar surface area (TPSA) is 151 Å². The minimum Gasteiger partial charge on any atom is -0.481 e. The molecule has 33 heavy (non-hydrogen) atoms. The Labute approximate surface area is 188 Å². The summed E-state index contributed by atoms with van der Waals surface area (Å²) in [5.74, 6) is -6.20. The molecule has 0 saturated carbocycles. The van der Waals surface area contributed by atoms with Gasteiger partial charge in [0.05, 0.1) is 17.5 Å². The molecule has 1 aromatic heterocycles. The molecule has 2 amide bonds. The van der Waals surface area contributed by atoms with Crippen LogP contribution in [0.3, 0.4) is 0 Å². The number of alkyl halides is 3. The van der Waals surface area contributed by atoms with E-state index in [4.69, 9.17) is 5.73 Å². The number of hydrogen-bond acceptors (Lipinski definition) is 6. The van der Waals surface area contributed by atoms with Gasteiger partial charge >= 0.3 is 18.1 Å². The first-order valence-corrected chi connectivity index (χ1v) is 10.4. The predicted molar refractivity (Wildman–Crippen MR) is 107 cm³/mol. The van der Waals surface area contributed by atoms with Gasteiger partial charge in [-0.05, 0) is 37.1 Å². The molecule has 1 saturated heterocycles. The highest BCUT2D eigenvalue weighted by Crippen LogP contribution is 2.50. The van der Waals surface area contributed by atoms with E-state index in [1.54, 1.807) is 0 Å². The van der Waals surface area contributed by atoms with Gasteiger partial charge in [0.2, 0.25) is 5.91 Å². The number of nitrogens with two attached hydrogens (primary N) is 1. The Kier molecular flexibility index (Phi) is 6.45. The molecule has 1 fully saturated rings. The van der Waals surface area contributed by atoms with Crippen molar-refractivity contribution in [1.29, 1.82) is 0 Å². The summed E-state index contributed by atoms with van der Waals surface area (Å²) in [6.07, 6.45) is -4.78. The van der Waals surface area contributed by atoms with Crippen LogP contribution in [0.5, 0.6) is 0 Å². The SMILES string of the molecule is NC(=O)CCC1(C(=O)O)CC(C(=O)O)C(c2nccs2)N1C(=O)c1ccc(C(F)(F)F)cc1. The Morgan fingerprint density at radius 3 is 2.27 bits per heavy atom. The molecule has 13 heteroatoms. The zero-order chi connectivity index (χ0) is 24.6. The van der Waals surface area contributed by atoms with Crippen molar-refractivity contribution in [2.75, 3.05) is 0 Å². The molecule has 0 bridgehead atoms. The number of carboxylic acids is 2. The molecule has 2 aromatic rings. The van der Waals surface area contributed by atoms with E-state index in [2.05, 4.69) is 4.98 Å². The van der Waals surface area contributed by atoms with Gasteiger partial charge in [-0.3, -0.25) is 14.4 Å². The first-order valence-electron chi connectivity index (χ1n) is 9.53. The summed E-state index contributed by atoms with van der Waals surface area (Å²) in [5.41, 5.74) is 1.74. The van der Waals surface area contributed by atoms with Crippen LogP contribution in [-0.4, -0.2) is 49.4 Å². The van der Waals surface area contributed by atoms with E-state index in [0.717, 1.165) is 28.4 Å². The number of nitrogens with zero attached hydrogens (tertiary/aromatic N) is 2. The van der Waals surface area contributed by atoms with Crippen molar-refractivity contribution in [2.45, 2.75) is 37.0 Å². The zero-order valence-corrected chi connectivity index (χ0v) is 17.6. The highest BCUT2D eigenvalue weighted by Gasteiger charge is 2.61. The first kappa shape index (κ1) is 24.2. The fourth-order valence-electron chi connectivity index (χ4n) is 4.02. The van der Waals surface area contributed by atoms with E-state index < -0.39 is 72.3 Å². The molecule has 4 N–H and O–H groups in total. The fourth-order valence-corrected chi connectivity index (χ4v) is 4.81. The van der Waals surface area contributed by atoms with Crippen molar-refractivity contribution in [3.8, 4) is 0 Å². The lowest BCUT2D eigenvalue weighted by molar-refractivity contribution is -0.149. The molecular weight excluding hydrogens is 467 g/mol. The Hall–Kier alpha value is -3.48. The van der Waals surface area contributed by atoms with Crippen LogP contribution >= 0.6 is 11.3 Å². The van der Waals surface area contributed by atoms with E-state index in [9.17, 15) is 42.6 Å². The fraction of sp³-hybridized carbons (Fsp3) is 0.350. The summed E-state index contributed by atoms with van der Waals surface area (Å²) in [7, 11) is 0. The minimum absolute atomic E-state index is 0.143. The zero-order valence-electron chi connectivity index (χ0n) is 16.8. The van der Waals surface area contributed by atoms with Crippen LogP contribution in [0.2, 0.25) is 0 Å². The molecule has 176 valence electrons. The van der Waals surface area contributed by atoms with Gasteiger partial charge in [0.25, 0.3) is 5.91 Å².